The lowest BCUT2D eigenvalue weighted by molar-refractivity contribution is -0.137. The zero-order valence-electron chi connectivity index (χ0n) is 11.1. The molecule has 0 aliphatic heterocycles. The van der Waals surface area contributed by atoms with Gasteiger partial charge in [0.1, 0.15) is 0 Å². The lowest BCUT2D eigenvalue weighted by Gasteiger charge is -2.19. The highest BCUT2D eigenvalue weighted by Crippen LogP contribution is 2.22. The molecular weight excluding hydrogens is 238 g/mol. The molecule has 4 nitrogen and oxygen atoms in total. The van der Waals surface area contributed by atoms with Crippen molar-refractivity contribution < 1.29 is 14.7 Å². The molecule has 1 atom stereocenters. The quantitative estimate of drug-likeness (QED) is 0.738. The fraction of sp³-hybridized carbons (Fsp3) is 0.833. The van der Waals surface area contributed by atoms with Crippen LogP contribution < -0.4 is 5.32 Å². The number of hydrogen-bond donors (Lipinski definition) is 2. The van der Waals surface area contributed by atoms with Gasteiger partial charge in [-0.15, -0.1) is 11.8 Å². The number of carbonyl (C=O) groups excluding carboxylic acids is 1. The molecule has 1 amide bonds. The van der Waals surface area contributed by atoms with Crippen LogP contribution in [-0.2, 0) is 9.59 Å². The highest BCUT2D eigenvalue weighted by molar-refractivity contribution is 8.01. The van der Waals surface area contributed by atoms with Gasteiger partial charge in [-0.25, -0.2) is 0 Å². The van der Waals surface area contributed by atoms with Gasteiger partial charge in [-0.3, -0.25) is 9.59 Å². The van der Waals surface area contributed by atoms with Crippen molar-refractivity contribution in [1.82, 2.24) is 5.32 Å². The Bertz CT molecular complexity index is 261. The van der Waals surface area contributed by atoms with Crippen molar-refractivity contribution in [3.8, 4) is 0 Å². The average Bonchev–Trinajstić information content (AvgIpc) is 2.13. The fourth-order valence-electron chi connectivity index (χ4n) is 1.34. The van der Waals surface area contributed by atoms with E-state index in [0.29, 0.717) is 12.2 Å². The molecule has 2 N–H and O–H groups in total. The first-order valence-electron chi connectivity index (χ1n) is 5.89. The van der Waals surface area contributed by atoms with Crippen LogP contribution >= 0.6 is 11.8 Å². The van der Waals surface area contributed by atoms with Crippen molar-refractivity contribution >= 4 is 23.6 Å². The van der Waals surface area contributed by atoms with Gasteiger partial charge in [0.15, 0.2) is 0 Å². The Hall–Kier alpha value is -0.710. The molecule has 0 fully saturated rings. The average molecular weight is 261 g/mol. The van der Waals surface area contributed by atoms with E-state index in [-0.39, 0.29) is 23.1 Å². The Morgan fingerprint density at radius 3 is 2.35 bits per heavy atom. The summed E-state index contributed by atoms with van der Waals surface area (Å²) >= 11 is 1.56. The van der Waals surface area contributed by atoms with Crippen LogP contribution in [0.1, 0.15) is 47.0 Å². The fourth-order valence-corrected chi connectivity index (χ4v) is 1.98. The van der Waals surface area contributed by atoms with Gasteiger partial charge < -0.3 is 10.4 Å². The van der Waals surface area contributed by atoms with Gasteiger partial charge in [0.25, 0.3) is 0 Å². The molecule has 0 aliphatic rings. The number of hydrogen-bond acceptors (Lipinski definition) is 3. The number of carbonyl (C=O) groups is 2. The molecule has 17 heavy (non-hydrogen) atoms. The topological polar surface area (TPSA) is 66.4 Å². The maximum Gasteiger partial charge on any atom is 0.305 e. The molecule has 0 heterocycles. The third kappa shape index (κ3) is 10.2. The minimum Gasteiger partial charge on any atom is -0.481 e. The molecule has 0 aromatic carbocycles. The van der Waals surface area contributed by atoms with E-state index in [1.165, 1.54) is 0 Å². The number of nitrogens with one attached hydrogen (secondary N) is 1. The molecule has 100 valence electrons. The first-order chi connectivity index (χ1) is 7.74. The summed E-state index contributed by atoms with van der Waals surface area (Å²) < 4.78 is 0.0460. The van der Waals surface area contributed by atoms with Crippen molar-refractivity contribution in [2.75, 3.05) is 5.75 Å². The Morgan fingerprint density at radius 2 is 1.94 bits per heavy atom. The summed E-state index contributed by atoms with van der Waals surface area (Å²) in [6, 6.07) is -0.245. The van der Waals surface area contributed by atoms with E-state index in [4.69, 9.17) is 5.11 Å². The Labute approximate surface area is 108 Å². The van der Waals surface area contributed by atoms with Crippen LogP contribution in [0.15, 0.2) is 0 Å². The monoisotopic (exact) mass is 261 g/mol. The van der Waals surface area contributed by atoms with E-state index in [1.807, 2.05) is 27.7 Å². The van der Waals surface area contributed by atoms with Crippen LogP contribution in [-0.4, -0.2) is 33.5 Å². The summed E-state index contributed by atoms with van der Waals surface area (Å²) in [5, 5.41) is 11.5. The molecule has 0 spiro atoms. The molecule has 0 saturated heterocycles. The number of amides is 1. The molecule has 5 heteroatoms. The maximum absolute atomic E-state index is 11.6. The molecule has 0 aliphatic carbocycles. The highest BCUT2D eigenvalue weighted by atomic mass is 32.2. The van der Waals surface area contributed by atoms with E-state index in [9.17, 15) is 9.59 Å². The number of rotatable bonds is 7. The molecule has 0 aromatic rings. The second kappa shape index (κ2) is 7.58. The molecule has 0 bridgehead atoms. The lowest BCUT2D eigenvalue weighted by atomic mass is 10.1. The second-order valence-corrected chi connectivity index (χ2v) is 6.85. The molecular formula is C12H23NO3S. The van der Waals surface area contributed by atoms with E-state index in [0.717, 1.165) is 6.42 Å². The number of carboxylic acids is 1. The smallest absolute Gasteiger partial charge is 0.305 e. The maximum atomic E-state index is 11.6. The predicted octanol–water partition coefficient (Wildman–Crippen LogP) is 2.28. The predicted molar refractivity (Wildman–Crippen MR) is 71.3 cm³/mol. The van der Waals surface area contributed by atoms with Crippen LogP contribution in [0.2, 0.25) is 0 Å². The van der Waals surface area contributed by atoms with Gasteiger partial charge >= 0.3 is 5.97 Å². The zero-order chi connectivity index (χ0) is 13.5. The second-order valence-electron chi connectivity index (χ2n) is 5.05. The first-order valence-corrected chi connectivity index (χ1v) is 6.88. The Balaban J connectivity index is 4.07. The zero-order valence-corrected chi connectivity index (χ0v) is 11.9. The molecule has 0 rings (SSSR count). The van der Waals surface area contributed by atoms with Crippen LogP contribution in [0.4, 0.5) is 0 Å². The molecule has 1 unspecified atom stereocenters. The van der Waals surface area contributed by atoms with Crippen LogP contribution in [0.5, 0.6) is 0 Å². The third-order valence-corrected chi connectivity index (χ3v) is 3.33. The van der Waals surface area contributed by atoms with Crippen LogP contribution in [0, 0.1) is 0 Å². The first kappa shape index (κ1) is 16.3. The SMILES string of the molecule is CCCC(CC(=O)O)NC(=O)CSC(C)(C)C. The summed E-state index contributed by atoms with van der Waals surface area (Å²) in [6.45, 7) is 8.12. The summed E-state index contributed by atoms with van der Waals surface area (Å²) in [6.07, 6.45) is 1.57. The van der Waals surface area contributed by atoms with Gasteiger partial charge in [-0.05, 0) is 6.42 Å². The van der Waals surface area contributed by atoms with Crippen LogP contribution in [0.25, 0.3) is 0 Å². The van der Waals surface area contributed by atoms with Crippen molar-refractivity contribution in [2.45, 2.75) is 57.7 Å². The highest BCUT2D eigenvalue weighted by Gasteiger charge is 2.17. The molecule has 0 saturated carbocycles. The summed E-state index contributed by atoms with van der Waals surface area (Å²) in [5.74, 6) is -0.569. The minimum atomic E-state index is -0.868. The lowest BCUT2D eigenvalue weighted by Crippen LogP contribution is -2.38. The van der Waals surface area contributed by atoms with Crippen molar-refractivity contribution in [3.05, 3.63) is 0 Å². The van der Waals surface area contributed by atoms with Crippen molar-refractivity contribution in [3.63, 3.8) is 0 Å². The van der Waals surface area contributed by atoms with Gasteiger partial charge in [-0.2, -0.15) is 0 Å². The number of thioether (sulfide) groups is 1. The van der Waals surface area contributed by atoms with Gasteiger partial charge in [0.05, 0.1) is 12.2 Å². The van der Waals surface area contributed by atoms with Gasteiger partial charge in [0.2, 0.25) is 5.91 Å². The standard InChI is InChI=1S/C12H23NO3S/c1-5-6-9(7-11(15)16)13-10(14)8-17-12(2,3)4/h9H,5-8H2,1-4H3,(H,13,14)(H,15,16). The van der Waals surface area contributed by atoms with E-state index in [2.05, 4.69) is 5.32 Å². The normalized spacial score (nSPS) is 13.2. The Morgan fingerprint density at radius 1 is 1.35 bits per heavy atom. The largest absolute Gasteiger partial charge is 0.481 e. The third-order valence-electron chi connectivity index (χ3n) is 2.06. The van der Waals surface area contributed by atoms with Crippen LogP contribution in [0.3, 0.4) is 0 Å². The van der Waals surface area contributed by atoms with E-state index < -0.39 is 5.97 Å². The summed E-state index contributed by atoms with van der Waals surface area (Å²) in [4.78, 5) is 22.3. The minimum absolute atomic E-state index is 0.000234. The van der Waals surface area contributed by atoms with Crippen molar-refractivity contribution in [2.24, 2.45) is 0 Å². The summed E-state index contributed by atoms with van der Waals surface area (Å²) in [7, 11) is 0. The number of carboxylic acid groups (broad SMARTS) is 1. The van der Waals surface area contributed by atoms with E-state index in [1.54, 1.807) is 11.8 Å². The van der Waals surface area contributed by atoms with Gasteiger partial charge in [0, 0.05) is 10.8 Å². The number of aliphatic carboxylic acids is 1. The van der Waals surface area contributed by atoms with Crippen molar-refractivity contribution in [1.29, 1.82) is 0 Å². The van der Waals surface area contributed by atoms with Gasteiger partial charge in [-0.1, -0.05) is 34.1 Å². The summed E-state index contributed by atoms with van der Waals surface area (Å²) in [5.41, 5.74) is 0. The Kier molecular flexibility index (Phi) is 7.27. The van der Waals surface area contributed by atoms with E-state index >= 15 is 0 Å². The molecule has 0 radical (unpaired) electrons. The molecule has 0 aromatic heterocycles.